The first-order valence-corrected chi connectivity index (χ1v) is 16.4. The predicted molar refractivity (Wildman–Crippen MR) is 177 cm³/mol. The number of benzene rings is 1. The summed E-state index contributed by atoms with van der Waals surface area (Å²) in [6.45, 7) is 12.0. The van der Waals surface area contributed by atoms with Crippen molar-refractivity contribution in [1.29, 1.82) is 0 Å². The Hall–Kier alpha value is -4.77. The average Bonchev–Trinajstić information content (AvgIpc) is 3.06. The summed E-state index contributed by atoms with van der Waals surface area (Å²) < 4.78 is 30.3. The molecule has 8 atom stereocenters. The second-order valence-corrected chi connectivity index (χ2v) is 14.1. The molecule has 11 nitrogen and oxygen atoms in total. The quantitative estimate of drug-likeness (QED) is 0.244. The largest absolute Gasteiger partial charge is 0.482 e. The molecule has 2 aromatic heterocycles. The van der Waals surface area contributed by atoms with Gasteiger partial charge >= 0.3 is 23.5 Å². The molecule has 3 heterocycles. The smallest absolute Gasteiger partial charge is 0.345 e. The van der Waals surface area contributed by atoms with Crippen molar-refractivity contribution >= 4 is 24.0 Å². The number of carbonyl (C=O) groups excluding carboxylic acids is 3. The minimum atomic E-state index is -1.39. The molecule has 6 rings (SSSR count). The van der Waals surface area contributed by atoms with Crippen molar-refractivity contribution in [2.75, 3.05) is 6.61 Å². The Morgan fingerprint density at radius 3 is 2.43 bits per heavy atom. The molecule has 1 aliphatic heterocycles. The van der Waals surface area contributed by atoms with E-state index in [0.717, 1.165) is 5.56 Å². The average molecular weight is 672 g/mol. The number of hydrogen-bond donors (Lipinski definition) is 1. The van der Waals surface area contributed by atoms with Crippen LogP contribution in [0.2, 0.25) is 0 Å². The van der Waals surface area contributed by atoms with E-state index >= 15 is 0 Å². The fourth-order valence-electron chi connectivity index (χ4n) is 8.79. The molecular formula is C38H41NO10. The number of hydrogen-bond acceptors (Lipinski definition) is 11. The molecule has 0 bridgehead atoms. The molecule has 2 saturated carbocycles. The van der Waals surface area contributed by atoms with Crippen LogP contribution in [-0.4, -0.2) is 52.4 Å². The first-order valence-electron chi connectivity index (χ1n) is 16.4. The standard InChI is InChI=1S/C38H41NO10/c1-7-23-10-12-24(13-11-23)34(43)48-30-18-28-36(4,15-14-29(46-22(3)41)37(28,5)20-45-21(2)40)33-32(42)31-27(49-38(30,33)6)17-26(47-35(31)44)25-9-8-16-39-19-25/h7-13,16-17,19,28-30,32-33,42H,1,14-15,18,20H2,2-6H3/t28?,29-,30-,32-,33?,36-,37?,38+/m0/s1. The van der Waals surface area contributed by atoms with Crippen LogP contribution in [0.25, 0.3) is 17.4 Å². The number of nitrogens with zero attached hydrogens (tertiary/aromatic N) is 1. The van der Waals surface area contributed by atoms with Crippen molar-refractivity contribution in [1.82, 2.24) is 4.98 Å². The van der Waals surface area contributed by atoms with E-state index in [2.05, 4.69) is 11.6 Å². The van der Waals surface area contributed by atoms with Crippen molar-refractivity contribution in [3.05, 3.63) is 88.5 Å². The second kappa shape index (κ2) is 12.6. The molecule has 3 aromatic rings. The Labute approximate surface area is 284 Å². The van der Waals surface area contributed by atoms with Crippen molar-refractivity contribution in [3.63, 3.8) is 0 Å². The molecule has 0 spiro atoms. The number of ether oxygens (including phenoxy) is 4. The monoisotopic (exact) mass is 671 g/mol. The fourth-order valence-corrected chi connectivity index (χ4v) is 8.79. The highest BCUT2D eigenvalue weighted by Crippen LogP contribution is 2.67. The van der Waals surface area contributed by atoms with Crippen molar-refractivity contribution in [2.24, 2.45) is 22.7 Å². The zero-order chi connectivity index (χ0) is 35.3. The SMILES string of the molecule is C=Cc1ccc(C(=O)O[C@H]2CC3C(C)(COC(C)=O)[C@@H](OC(C)=O)CC[C@]3(C)C3[C@@H](O)c4c(cc(-c5cccnc5)oc4=O)O[C@@]32C)cc1. The van der Waals surface area contributed by atoms with Gasteiger partial charge in [0.15, 0.2) is 0 Å². The topological polar surface area (TPSA) is 151 Å². The van der Waals surface area contributed by atoms with E-state index in [9.17, 15) is 24.3 Å². The summed E-state index contributed by atoms with van der Waals surface area (Å²) in [5, 5.41) is 12.3. The van der Waals surface area contributed by atoms with Crippen molar-refractivity contribution in [3.8, 4) is 17.1 Å². The van der Waals surface area contributed by atoms with Crippen LogP contribution in [0, 0.1) is 22.7 Å². The van der Waals surface area contributed by atoms with E-state index in [4.69, 9.17) is 23.4 Å². The van der Waals surface area contributed by atoms with Gasteiger partial charge in [-0.2, -0.15) is 0 Å². The molecule has 3 aliphatic rings. The van der Waals surface area contributed by atoms with E-state index < -0.39 is 70.1 Å². The first kappa shape index (κ1) is 34.1. The van der Waals surface area contributed by atoms with Crippen LogP contribution >= 0.6 is 0 Å². The lowest BCUT2D eigenvalue weighted by atomic mass is 9.42. The van der Waals surface area contributed by atoms with E-state index in [1.165, 1.54) is 13.8 Å². The lowest BCUT2D eigenvalue weighted by Crippen LogP contribution is -2.71. The summed E-state index contributed by atoms with van der Waals surface area (Å²) in [4.78, 5) is 56.0. The molecule has 0 radical (unpaired) electrons. The lowest BCUT2D eigenvalue weighted by molar-refractivity contribution is -0.266. The summed E-state index contributed by atoms with van der Waals surface area (Å²) in [6, 6.07) is 11.8. The van der Waals surface area contributed by atoms with Crippen LogP contribution in [0.15, 0.2) is 70.6 Å². The second-order valence-electron chi connectivity index (χ2n) is 14.1. The molecule has 0 saturated heterocycles. The molecule has 3 unspecified atom stereocenters. The van der Waals surface area contributed by atoms with Crippen LogP contribution in [0.1, 0.15) is 81.5 Å². The van der Waals surface area contributed by atoms with Gasteiger partial charge in [0.05, 0.1) is 11.7 Å². The van der Waals surface area contributed by atoms with E-state index in [1.807, 2.05) is 13.8 Å². The van der Waals surface area contributed by atoms with Gasteiger partial charge in [0, 0.05) is 49.2 Å². The predicted octanol–water partition coefficient (Wildman–Crippen LogP) is 5.69. The van der Waals surface area contributed by atoms with Crippen LogP contribution < -0.4 is 10.4 Å². The van der Waals surface area contributed by atoms with E-state index in [1.54, 1.807) is 67.9 Å². The number of aromatic nitrogens is 1. The number of fused-ring (bicyclic) bond motifs is 4. The zero-order valence-electron chi connectivity index (χ0n) is 28.3. The van der Waals surface area contributed by atoms with E-state index in [0.29, 0.717) is 24.0 Å². The number of rotatable bonds is 7. The minimum absolute atomic E-state index is 0.0362. The Morgan fingerprint density at radius 2 is 1.80 bits per heavy atom. The number of aliphatic hydroxyl groups is 1. The van der Waals surface area contributed by atoms with Crippen LogP contribution in [0.5, 0.6) is 5.75 Å². The highest BCUT2D eigenvalue weighted by Gasteiger charge is 2.71. The number of esters is 3. The molecule has 1 N–H and O–H groups in total. The summed E-state index contributed by atoms with van der Waals surface area (Å²) in [5.74, 6) is -2.52. The van der Waals surface area contributed by atoms with Gasteiger partial charge in [0.25, 0.3) is 0 Å². The van der Waals surface area contributed by atoms with E-state index in [-0.39, 0.29) is 30.1 Å². The third-order valence-corrected chi connectivity index (χ3v) is 11.1. The summed E-state index contributed by atoms with van der Waals surface area (Å²) in [7, 11) is 0. The third kappa shape index (κ3) is 5.83. The van der Waals surface area contributed by atoms with Crippen molar-refractivity contribution in [2.45, 2.75) is 77.8 Å². The number of pyridine rings is 1. The zero-order valence-corrected chi connectivity index (χ0v) is 28.3. The maximum Gasteiger partial charge on any atom is 0.345 e. The fraction of sp³-hybridized carbons (Fsp3) is 0.447. The Kier molecular flexibility index (Phi) is 8.77. The lowest BCUT2D eigenvalue weighted by Gasteiger charge is -2.66. The van der Waals surface area contributed by atoms with Gasteiger partial charge in [0.2, 0.25) is 0 Å². The molecule has 2 aliphatic carbocycles. The maximum absolute atomic E-state index is 13.8. The molecule has 0 amide bonds. The van der Waals surface area contributed by atoms with Crippen molar-refractivity contribution < 1.29 is 42.9 Å². The highest BCUT2D eigenvalue weighted by atomic mass is 16.6. The molecule has 11 heteroatoms. The number of aliphatic hydroxyl groups excluding tert-OH is 1. The normalized spacial score (nSPS) is 31.5. The van der Waals surface area contributed by atoms with Gasteiger partial charge in [-0.05, 0) is 67.3 Å². The van der Waals surface area contributed by atoms with Gasteiger partial charge in [-0.3, -0.25) is 14.6 Å². The third-order valence-electron chi connectivity index (χ3n) is 11.1. The van der Waals surface area contributed by atoms with Gasteiger partial charge in [-0.1, -0.05) is 38.6 Å². The Bertz CT molecular complexity index is 1840. The molecule has 1 aromatic carbocycles. The van der Waals surface area contributed by atoms with Crippen LogP contribution in [-0.2, 0) is 23.8 Å². The first-order chi connectivity index (χ1) is 23.2. The van der Waals surface area contributed by atoms with Crippen LogP contribution in [0.4, 0.5) is 0 Å². The summed E-state index contributed by atoms with van der Waals surface area (Å²) in [6.07, 6.45) is 2.89. The minimum Gasteiger partial charge on any atom is -0.482 e. The van der Waals surface area contributed by atoms with Crippen LogP contribution in [0.3, 0.4) is 0 Å². The van der Waals surface area contributed by atoms with Gasteiger partial charge in [-0.25, -0.2) is 9.59 Å². The molecule has 2 fully saturated rings. The molecule has 258 valence electrons. The van der Waals surface area contributed by atoms with Gasteiger partial charge in [-0.15, -0.1) is 0 Å². The van der Waals surface area contributed by atoms with Gasteiger partial charge in [0.1, 0.15) is 41.5 Å². The molecule has 49 heavy (non-hydrogen) atoms. The van der Waals surface area contributed by atoms with Gasteiger partial charge < -0.3 is 28.5 Å². The summed E-state index contributed by atoms with van der Waals surface area (Å²) >= 11 is 0. The summed E-state index contributed by atoms with van der Waals surface area (Å²) in [5.41, 5.74) is -2.22. The maximum atomic E-state index is 13.8. The number of carbonyl (C=O) groups is 3. The highest BCUT2D eigenvalue weighted by molar-refractivity contribution is 5.89. The molecular weight excluding hydrogens is 630 g/mol. The Morgan fingerprint density at radius 1 is 1.06 bits per heavy atom. The Balaban J connectivity index is 1.50.